The lowest BCUT2D eigenvalue weighted by Gasteiger charge is -2.06. The molecule has 0 unspecified atom stereocenters. The van der Waals surface area contributed by atoms with Crippen LogP contribution in [0.4, 0.5) is 0 Å². The molecule has 1 aromatic rings. The summed E-state index contributed by atoms with van der Waals surface area (Å²) in [4.78, 5) is 22.4. The fourth-order valence-electron chi connectivity index (χ4n) is 2.04. The van der Waals surface area contributed by atoms with Gasteiger partial charge in [0.15, 0.2) is 9.84 Å². The minimum atomic E-state index is -3.21. The van der Waals surface area contributed by atoms with Crippen LogP contribution in [0.1, 0.15) is 38.2 Å². The van der Waals surface area contributed by atoms with Crippen molar-refractivity contribution in [3.63, 3.8) is 0 Å². The fourth-order valence-corrected chi connectivity index (χ4v) is 2.92. The number of carboxylic acids is 1. The fraction of sp³-hybridized carbons (Fsp3) is 0.500. The third kappa shape index (κ3) is 7.27. The highest BCUT2D eigenvalue weighted by Gasteiger charge is 2.11. The van der Waals surface area contributed by atoms with Crippen molar-refractivity contribution in [1.82, 2.24) is 5.32 Å². The first-order valence-electron chi connectivity index (χ1n) is 7.65. The zero-order valence-corrected chi connectivity index (χ0v) is 14.1. The van der Waals surface area contributed by atoms with E-state index in [2.05, 4.69) is 5.32 Å². The zero-order chi connectivity index (χ0) is 17.3. The van der Waals surface area contributed by atoms with Gasteiger partial charge in [0.25, 0.3) is 0 Å². The summed E-state index contributed by atoms with van der Waals surface area (Å²) in [6.07, 6.45) is 2.46. The Labute approximate surface area is 136 Å². The highest BCUT2D eigenvalue weighted by atomic mass is 32.2. The first-order valence-corrected chi connectivity index (χ1v) is 9.30. The molecule has 0 spiro atoms. The number of hydrogen-bond acceptors (Lipinski definition) is 4. The van der Waals surface area contributed by atoms with E-state index in [4.69, 9.17) is 5.11 Å². The maximum absolute atomic E-state index is 11.8. The van der Waals surface area contributed by atoms with E-state index < -0.39 is 15.8 Å². The van der Waals surface area contributed by atoms with Crippen LogP contribution in [-0.2, 0) is 25.8 Å². The lowest BCUT2D eigenvalue weighted by Crippen LogP contribution is -2.26. The maximum Gasteiger partial charge on any atom is 0.303 e. The smallest absolute Gasteiger partial charge is 0.303 e. The Bertz CT molecular complexity index is 622. The number of carboxylic acid groups (broad SMARTS) is 1. The summed E-state index contributed by atoms with van der Waals surface area (Å²) in [7, 11) is -3.21. The summed E-state index contributed by atoms with van der Waals surface area (Å²) in [5.41, 5.74) is 0.753. The van der Waals surface area contributed by atoms with Crippen LogP contribution < -0.4 is 5.32 Å². The molecule has 0 saturated carbocycles. The van der Waals surface area contributed by atoms with Gasteiger partial charge in [-0.05, 0) is 30.5 Å². The van der Waals surface area contributed by atoms with Crippen molar-refractivity contribution < 1.29 is 23.1 Å². The predicted molar refractivity (Wildman–Crippen MR) is 87.0 cm³/mol. The maximum atomic E-state index is 11.8. The van der Waals surface area contributed by atoms with Crippen LogP contribution in [0.5, 0.6) is 0 Å². The number of carbonyl (C=O) groups excluding carboxylic acids is 1. The Kier molecular flexibility index (Phi) is 7.74. The van der Waals surface area contributed by atoms with E-state index in [1.54, 1.807) is 19.1 Å². The zero-order valence-electron chi connectivity index (χ0n) is 13.2. The van der Waals surface area contributed by atoms with E-state index >= 15 is 0 Å². The van der Waals surface area contributed by atoms with Crippen molar-refractivity contribution in [2.75, 3.05) is 12.3 Å². The summed E-state index contributed by atoms with van der Waals surface area (Å²) in [6.45, 7) is 2.11. The van der Waals surface area contributed by atoms with Crippen LogP contribution in [0.15, 0.2) is 29.2 Å². The normalized spacial score (nSPS) is 11.2. The van der Waals surface area contributed by atoms with Gasteiger partial charge in [-0.2, -0.15) is 0 Å². The summed E-state index contributed by atoms with van der Waals surface area (Å²) >= 11 is 0. The molecule has 0 aliphatic rings. The van der Waals surface area contributed by atoms with Crippen LogP contribution in [0.3, 0.4) is 0 Å². The Morgan fingerprint density at radius 1 is 1.09 bits per heavy atom. The van der Waals surface area contributed by atoms with E-state index in [1.807, 2.05) is 0 Å². The number of nitrogens with one attached hydrogen (secondary N) is 1. The van der Waals surface area contributed by atoms with E-state index in [0.29, 0.717) is 13.0 Å². The molecule has 0 radical (unpaired) electrons. The van der Waals surface area contributed by atoms with Gasteiger partial charge in [-0.25, -0.2) is 8.42 Å². The van der Waals surface area contributed by atoms with Gasteiger partial charge < -0.3 is 10.4 Å². The molecule has 0 aliphatic carbocycles. The van der Waals surface area contributed by atoms with Crippen molar-refractivity contribution in [3.8, 4) is 0 Å². The lowest BCUT2D eigenvalue weighted by molar-refractivity contribution is -0.137. The topological polar surface area (TPSA) is 101 Å². The summed E-state index contributed by atoms with van der Waals surface area (Å²) in [5, 5.41) is 11.3. The molecule has 0 atom stereocenters. The SMILES string of the molecule is CCS(=O)(=O)c1ccc(CC(=O)NCCCCCC(=O)O)cc1. The van der Waals surface area contributed by atoms with Gasteiger partial charge in [0.1, 0.15) is 0 Å². The van der Waals surface area contributed by atoms with Crippen molar-refractivity contribution in [1.29, 1.82) is 0 Å². The number of unbranched alkanes of at least 4 members (excludes halogenated alkanes) is 2. The van der Waals surface area contributed by atoms with Crippen LogP contribution >= 0.6 is 0 Å². The highest BCUT2D eigenvalue weighted by molar-refractivity contribution is 7.91. The number of aliphatic carboxylic acids is 1. The molecule has 0 heterocycles. The number of carbonyl (C=O) groups is 2. The molecule has 0 fully saturated rings. The van der Waals surface area contributed by atoms with E-state index in [9.17, 15) is 18.0 Å². The van der Waals surface area contributed by atoms with E-state index in [1.165, 1.54) is 12.1 Å². The van der Waals surface area contributed by atoms with E-state index in [-0.39, 0.29) is 29.4 Å². The molecule has 6 nitrogen and oxygen atoms in total. The molecule has 7 heteroatoms. The van der Waals surface area contributed by atoms with Gasteiger partial charge in [-0.3, -0.25) is 9.59 Å². The largest absolute Gasteiger partial charge is 0.481 e. The third-order valence-electron chi connectivity index (χ3n) is 3.42. The molecule has 0 aliphatic heterocycles. The second-order valence-electron chi connectivity index (χ2n) is 5.28. The number of amides is 1. The molecule has 0 aromatic heterocycles. The molecular weight excluding hydrogens is 318 g/mol. The van der Waals surface area contributed by atoms with Gasteiger partial charge in [0.2, 0.25) is 5.91 Å². The Morgan fingerprint density at radius 3 is 2.30 bits per heavy atom. The number of benzene rings is 1. The first kappa shape index (κ1) is 19.2. The lowest BCUT2D eigenvalue weighted by atomic mass is 10.1. The van der Waals surface area contributed by atoms with Crippen LogP contribution in [0.2, 0.25) is 0 Å². The van der Waals surface area contributed by atoms with Crippen LogP contribution in [0.25, 0.3) is 0 Å². The monoisotopic (exact) mass is 341 g/mol. The predicted octanol–water partition coefficient (Wildman–Crippen LogP) is 1.78. The van der Waals surface area contributed by atoms with Gasteiger partial charge in [-0.1, -0.05) is 25.5 Å². The summed E-state index contributed by atoms with van der Waals surface area (Å²) < 4.78 is 23.4. The number of hydrogen-bond donors (Lipinski definition) is 2. The third-order valence-corrected chi connectivity index (χ3v) is 5.17. The molecule has 23 heavy (non-hydrogen) atoms. The highest BCUT2D eigenvalue weighted by Crippen LogP contribution is 2.12. The minimum absolute atomic E-state index is 0.0503. The molecule has 1 aromatic carbocycles. The molecule has 1 rings (SSSR count). The molecule has 0 saturated heterocycles. The van der Waals surface area contributed by atoms with Crippen molar-refractivity contribution >= 4 is 21.7 Å². The molecule has 1 amide bonds. The first-order chi connectivity index (χ1) is 10.8. The number of sulfone groups is 1. The standard InChI is InChI=1S/C16H23NO5S/c1-2-23(21,22)14-9-7-13(8-10-14)12-15(18)17-11-5-3-4-6-16(19)20/h7-10H,2-6,11-12H2,1H3,(H,17,18)(H,19,20). The van der Waals surface area contributed by atoms with Gasteiger partial charge >= 0.3 is 5.97 Å². The van der Waals surface area contributed by atoms with E-state index in [0.717, 1.165) is 18.4 Å². The molecular formula is C16H23NO5S. The van der Waals surface area contributed by atoms with Gasteiger partial charge in [0, 0.05) is 13.0 Å². The Morgan fingerprint density at radius 2 is 1.74 bits per heavy atom. The minimum Gasteiger partial charge on any atom is -0.481 e. The average Bonchev–Trinajstić information content (AvgIpc) is 2.51. The Balaban J connectivity index is 2.33. The average molecular weight is 341 g/mol. The van der Waals surface area contributed by atoms with Crippen molar-refractivity contribution in [2.24, 2.45) is 0 Å². The summed E-state index contributed by atoms with van der Waals surface area (Å²) in [5.74, 6) is -0.883. The van der Waals surface area contributed by atoms with Gasteiger partial charge in [0.05, 0.1) is 17.1 Å². The Hall–Kier alpha value is -1.89. The number of rotatable bonds is 10. The van der Waals surface area contributed by atoms with Crippen molar-refractivity contribution in [3.05, 3.63) is 29.8 Å². The van der Waals surface area contributed by atoms with Crippen molar-refractivity contribution in [2.45, 2.75) is 43.9 Å². The second-order valence-corrected chi connectivity index (χ2v) is 7.56. The van der Waals surface area contributed by atoms with Crippen LogP contribution in [0, 0.1) is 0 Å². The quantitative estimate of drug-likeness (QED) is 0.632. The molecule has 128 valence electrons. The molecule has 2 N–H and O–H groups in total. The summed E-state index contributed by atoms with van der Waals surface area (Å²) in [6, 6.07) is 6.34. The second kappa shape index (κ2) is 9.29. The van der Waals surface area contributed by atoms with Crippen LogP contribution in [-0.4, -0.2) is 37.7 Å². The van der Waals surface area contributed by atoms with Gasteiger partial charge in [-0.15, -0.1) is 0 Å². The molecule has 0 bridgehead atoms.